The molecule has 1 aliphatic heterocycles. The van der Waals surface area contributed by atoms with E-state index in [1.807, 2.05) is 53.9 Å². The van der Waals surface area contributed by atoms with Gasteiger partial charge in [-0.15, -0.1) is 23.1 Å². The number of thioether (sulfide) groups is 1. The van der Waals surface area contributed by atoms with Gasteiger partial charge in [-0.05, 0) is 31.0 Å². The fraction of sp³-hybridized carbons (Fsp3) is 0.238. The molecule has 1 aromatic heterocycles. The molecule has 3 aromatic rings. The number of thiazole rings is 1. The Kier molecular flexibility index (Phi) is 6.32. The summed E-state index contributed by atoms with van der Waals surface area (Å²) >= 11 is 9.30. The standard InChI is InChI=1S/C21H19ClN2O2S2/c22-17-9-3-1-7-15(17)18-13-28-21(23-18)24-20(25)16-8-2-4-10-19(16)27-12-14-6-5-11-26-14/h1-4,7-10,13-14H,5-6,11-12H2,(H,23,24,25). The van der Waals surface area contributed by atoms with Crippen LogP contribution in [-0.4, -0.2) is 29.4 Å². The minimum atomic E-state index is -0.157. The Morgan fingerprint density at radius 1 is 1.25 bits per heavy atom. The number of hydrogen-bond donors (Lipinski definition) is 1. The maximum absolute atomic E-state index is 12.8. The van der Waals surface area contributed by atoms with Crippen molar-refractivity contribution in [2.75, 3.05) is 17.7 Å². The lowest BCUT2D eigenvalue weighted by Crippen LogP contribution is -2.14. The van der Waals surface area contributed by atoms with E-state index in [2.05, 4.69) is 10.3 Å². The lowest BCUT2D eigenvalue weighted by molar-refractivity contribution is 0.102. The lowest BCUT2D eigenvalue weighted by atomic mass is 10.2. The lowest BCUT2D eigenvalue weighted by Gasteiger charge is -2.11. The van der Waals surface area contributed by atoms with Crippen LogP contribution in [0.2, 0.25) is 5.02 Å². The number of ether oxygens (including phenoxy) is 1. The number of carbonyl (C=O) groups excluding carboxylic acids is 1. The van der Waals surface area contributed by atoms with Gasteiger partial charge in [0.25, 0.3) is 5.91 Å². The number of rotatable bonds is 6. The van der Waals surface area contributed by atoms with Crippen LogP contribution in [-0.2, 0) is 4.74 Å². The molecule has 1 amide bonds. The van der Waals surface area contributed by atoms with E-state index in [-0.39, 0.29) is 12.0 Å². The average molecular weight is 431 g/mol. The zero-order valence-corrected chi connectivity index (χ0v) is 17.4. The first-order valence-electron chi connectivity index (χ1n) is 9.06. The number of nitrogens with one attached hydrogen (secondary N) is 1. The molecule has 1 atom stereocenters. The van der Waals surface area contributed by atoms with Gasteiger partial charge in [0.1, 0.15) is 0 Å². The number of amides is 1. The van der Waals surface area contributed by atoms with Crippen LogP contribution < -0.4 is 5.32 Å². The highest BCUT2D eigenvalue weighted by Gasteiger charge is 2.18. The third kappa shape index (κ3) is 4.58. The number of aromatic nitrogens is 1. The topological polar surface area (TPSA) is 51.2 Å². The third-order valence-corrected chi connectivity index (χ3v) is 6.75. The molecule has 2 aromatic carbocycles. The molecule has 1 unspecified atom stereocenters. The van der Waals surface area contributed by atoms with Gasteiger partial charge in [-0.1, -0.05) is 41.9 Å². The Bertz CT molecular complexity index is 970. The summed E-state index contributed by atoms with van der Waals surface area (Å²) < 4.78 is 5.68. The first-order chi connectivity index (χ1) is 13.7. The number of carbonyl (C=O) groups is 1. The molecule has 0 aliphatic carbocycles. The molecule has 4 rings (SSSR count). The van der Waals surface area contributed by atoms with Crippen molar-refractivity contribution in [3.05, 3.63) is 64.5 Å². The molecule has 1 fully saturated rings. The van der Waals surface area contributed by atoms with E-state index in [4.69, 9.17) is 16.3 Å². The van der Waals surface area contributed by atoms with Crippen molar-refractivity contribution in [2.24, 2.45) is 0 Å². The minimum Gasteiger partial charge on any atom is -0.377 e. The van der Waals surface area contributed by atoms with Crippen molar-refractivity contribution >= 4 is 45.7 Å². The van der Waals surface area contributed by atoms with E-state index < -0.39 is 0 Å². The molecule has 1 N–H and O–H groups in total. The van der Waals surface area contributed by atoms with Gasteiger partial charge in [-0.25, -0.2) is 4.98 Å². The smallest absolute Gasteiger partial charge is 0.258 e. The van der Waals surface area contributed by atoms with Crippen molar-refractivity contribution in [3.63, 3.8) is 0 Å². The van der Waals surface area contributed by atoms with Gasteiger partial charge in [-0.3, -0.25) is 10.1 Å². The molecular weight excluding hydrogens is 412 g/mol. The van der Waals surface area contributed by atoms with Crippen LogP contribution in [0, 0.1) is 0 Å². The Balaban J connectivity index is 1.46. The first kappa shape index (κ1) is 19.5. The van der Waals surface area contributed by atoms with Gasteiger partial charge in [-0.2, -0.15) is 0 Å². The number of nitrogens with zero attached hydrogens (tertiary/aromatic N) is 1. The highest BCUT2D eigenvalue weighted by atomic mass is 35.5. The molecule has 2 heterocycles. The Hall–Kier alpha value is -1.86. The highest BCUT2D eigenvalue weighted by Crippen LogP contribution is 2.31. The largest absolute Gasteiger partial charge is 0.377 e. The SMILES string of the molecule is O=C(Nc1nc(-c2ccccc2Cl)cs1)c1ccccc1SCC1CCCO1. The summed E-state index contributed by atoms with van der Waals surface area (Å²) in [5.74, 6) is 0.702. The van der Waals surface area contributed by atoms with Gasteiger partial charge in [0.15, 0.2) is 5.13 Å². The summed E-state index contributed by atoms with van der Waals surface area (Å²) in [6, 6.07) is 15.2. The molecule has 0 spiro atoms. The monoisotopic (exact) mass is 430 g/mol. The average Bonchev–Trinajstić information content (AvgIpc) is 3.39. The molecule has 4 nitrogen and oxygen atoms in total. The summed E-state index contributed by atoms with van der Waals surface area (Å²) in [5.41, 5.74) is 2.26. The van der Waals surface area contributed by atoms with Gasteiger partial charge >= 0.3 is 0 Å². The second kappa shape index (κ2) is 9.09. The predicted octanol–water partition coefficient (Wildman–Crippen LogP) is 5.99. The number of benzene rings is 2. The third-order valence-electron chi connectivity index (χ3n) is 4.45. The zero-order valence-electron chi connectivity index (χ0n) is 15.1. The van der Waals surface area contributed by atoms with Gasteiger partial charge in [0.05, 0.1) is 17.4 Å². The van der Waals surface area contributed by atoms with Crippen molar-refractivity contribution in [2.45, 2.75) is 23.8 Å². The zero-order chi connectivity index (χ0) is 19.3. The van der Waals surface area contributed by atoms with E-state index in [0.29, 0.717) is 15.7 Å². The van der Waals surface area contributed by atoms with Crippen molar-refractivity contribution in [1.82, 2.24) is 4.98 Å². The molecule has 0 bridgehead atoms. The minimum absolute atomic E-state index is 0.157. The van der Waals surface area contributed by atoms with Crippen LogP contribution in [0.25, 0.3) is 11.3 Å². The van der Waals surface area contributed by atoms with Crippen LogP contribution in [0.4, 0.5) is 5.13 Å². The van der Waals surface area contributed by atoms with E-state index >= 15 is 0 Å². The quantitative estimate of drug-likeness (QED) is 0.488. The highest BCUT2D eigenvalue weighted by molar-refractivity contribution is 7.99. The van der Waals surface area contributed by atoms with Gasteiger partial charge in [0.2, 0.25) is 0 Å². The molecular formula is C21H19ClN2O2S2. The van der Waals surface area contributed by atoms with Crippen LogP contribution in [0.1, 0.15) is 23.2 Å². The van der Waals surface area contributed by atoms with E-state index in [9.17, 15) is 4.79 Å². The summed E-state index contributed by atoms with van der Waals surface area (Å²) in [6.07, 6.45) is 2.48. The van der Waals surface area contributed by atoms with Crippen molar-refractivity contribution < 1.29 is 9.53 Å². The Morgan fingerprint density at radius 2 is 2.07 bits per heavy atom. The number of anilines is 1. The molecule has 0 radical (unpaired) electrons. The van der Waals surface area contributed by atoms with Crippen LogP contribution in [0.15, 0.2) is 58.8 Å². The summed E-state index contributed by atoms with van der Waals surface area (Å²) in [6.45, 7) is 0.838. The maximum atomic E-state index is 12.8. The first-order valence-corrected chi connectivity index (χ1v) is 11.3. The molecule has 144 valence electrons. The van der Waals surface area contributed by atoms with Crippen molar-refractivity contribution in [1.29, 1.82) is 0 Å². The molecule has 1 aliphatic rings. The van der Waals surface area contributed by atoms with E-state index in [1.165, 1.54) is 11.3 Å². The van der Waals surface area contributed by atoms with Crippen molar-refractivity contribution in [3.8, 4) is 11.3 Å². The summed E-state index contributed by atoms with van der Waals surface area (Å²) in [4.78, 5) is 18.3. The van der Waals surface area contributed by atoms with Crippen LogP contribution in [0.5, 0.6) is 0 Å². The summed E-state index contributed by atoms with van der Waals surface area (Å²) in [7, 11) is 0. The van der Waals surface area contributed by atoms with Gasteiger partial charge in [0, 0.05) is 33.2 Å². The van der Waals surface area contributed by atoms with Gasteiger partial charge < -0.3 is 4.74 Å². The van der Waals surface area contributed by atoms with Crippen LogP contribution >= 0.6 is 34.7 Å². The second-order valence-corrected chi connectivity index (χ2v) is 8.74. The normalized spacial score (nSPS) is 16.2. The maximum Gasteiger partial charge on any atom is 0.258 e. The Labute approximate surface area is 177 Å². The fourth-order valence-electron chi connectivity index (χ4n) is 3.03. The Morgan fingerprint density at radius 3 is 2.89 bits per heavy atom. The molecule has 1 saturated heterocycles. The molecule has 0 saturated carbocycles. The van der Waals surface area contributed by atoms with Crippen LogP contribution in [0.3, 0.4) is 0 Å². The summed E-state index contributed by atoms with van der Waals surface area (Å²) in [5, 5.41) is 6.01. The predicted molar refractivity (Wildman–Crippen MR) is 117 cm³/mol. The van der Waals surface area contributed by atoms with E-state index in [1.54, 1.807) is 11.8 Å². The second-order valence-electron chi connectivity index (χ2n) is 6.41. The molecule has 7 heteroatoms. The fourth-order valence-corrected chi connectivity index (χ4v) is 5.08. The molecule has 28 heavy (non-hydrogen) atoms. The number of halogens is 1. The van der Waals surface area contributed by atoms with E-state index in [0.717, 1.165) is 41.4 Å². The number of hydrogen-bond acceptors (Lipinski definition) is 5.